The molecule has 6 nitrogen and oxygen atoms in total. The summed E-state index contributed by atoms with van der Waals surface area (Å²) in [7, 11) is 0. The number of ketones is 1. The number of thiophene rings is 1. The number of halogens is 1. The van der Waals surface area contributed by atoms with Gasteiger partial charge in [-0.15, -0.1) is 11.3 Å². The summed E-state index contributed by atoms with van der Waals surface area (Å²) in [6.07, 6.45) is 2.11. The van der Waals surface area contributed by atoms with Gasteiger partial charge in [0.05, 0.1) is 26.8 Å². The number of Topliss-reactive ketones (excluding diaryl/α,β-unsaturated/α-hetero) is 1. The van der Waals surface area contributed by atoms with Crippen molar-refractivity contribution in [2.45, 2.75) is 26.2 Å². The van der Waals surface area contributed by atoms with E-state index < -0.39 is 0 Å². The smallest absolute Gasteiger partial charge is 0.267 e. The van der Waals surface area contributed by atoms with Crippen molar-refractivity contribution in [2.24, 2.45) is 0 Å². The van der Waals surface area contributed by atoms with E-state index in [0.717, 1.165) is 40.1 Å². The highest BCUT2D eigenvalue weighted by molar-refractivity contribution is 7.21. The second-order valence-corrected chi connectivity index (χ2v) is 8.86. The van der Waals surface area contributed by atoms with Crippen molar-refractivity contribution in [1.82, 2.24) is 14.8 Å². The Balaban J connectivity index is 1.46. The minimum atomic E-state index is -0.315. The van der Waals surface area contributed by atoms with Crippen LogP contribution in [0.2, 0.25) is 0 Å². The van der Waals surface area contributed by atoms with Crippen LogP contribution < -0.4 is 5.32 Å². The van der Waals surface area contributed by atoms with Crippen LogP contribution in [0.4, 0.5) is 9.52 Å². The molecule has 0 unspecified atom stereocenters. The highest BCUT2D eigenvalue weighted by atomic mass is 32.1. The van der Waals surface area contributed by atoms with Gasteiger partial charge in [-0.2, -0.15) is 5.10 Å². The molecule has 0 atom stereocenters. The Morgan fingerprint density at radius 3 is 2.76 bits per heavy atom. The Hall–Kier alpha value is -2.91. The van der Waals surface area contributed by atoms with Crippen molar-refractivity contribution in [3.63, 3.8) is 0 Å². The van der Waals surface area contributed by atoms with Gasteiger partial charge in [-0.05, 0) is 50.1 Å². The predicted octanol–water partition coefficient (Wildman–Crippen LogP) is 4.76. The molecule has 4 aromatic rings. The van der Waals surface area contributed by atoms with E-state index in [4.69, 9.17) is 0 Å². The number of aryl methyl sites for hydroxylation is 2. The monoisotopic (exact) mass is 426 g/mol. The second kappa shape index (κ2) is 6.85. The average Bonchev–Trinajstić information content (AvgIpc) is 3.38. The summed E-state index contributed by atoms with van der Waals surface area (Å²) in [6.45, 7) is 1.87. The fraction of sp³-hybridized carbons (Fsp3) is 0.200. The Morgan fingerprint density at radius 2 is 2.00 bits per heavy atom. The number of carbonyl (C=O) groups is 2. The third-order valence-electron chi connectivity index (χ3n) is 4.83. The number of nitrogens with zero attached hydrogens (tertiary/aromatic N) is 3. The third kappa shape index (κ3) is 3.16. The summed E-state index contributed by atoms with van der Waals surface area (Å²) in [5, 5.41) is 8.65. The molecule has 1 aliphatic carbocycles. The Labute approximate surface area is 173 Å². The Bertz CT molecular complexity index is 1270. The van der Waals surface area contributed by atoms with Gasteiger partial charge >= 0.3 is 0 Å². The van der Waals surface area contributed by atoms with Crippen molar-refractivity contribution < 1.29 is 14.0 Å². The number of benzene rings is 1. The number of nitrogens with one attached hydrogen (secondary N) is 1. The van der Waals surface area contributed by atoms with E-state index in [1.165, 1.54) is 34.8 Å². The zero-order chi connectivity index (χ0) is 20.1. The molecule has 0 aliphatic heterocycles. The molecule has 1 N–H and O–H groups in total. The summed E-state index contributed by atoms with van der Waals surface area (Å²) in [6, 6.07) is 7.86. The van der Waals surface area contributed by atoms with E-state index in [1.54, 1.807) is 22.9 Å². The minimum absolute atomic E-state index is 0.0983. The van der Waals surface area contributed by atoms with Crippen molar-refractivity contribution in [3.05, 3.63) is 57.3 Å². The molecule has 0 fully saturated rings. The summed E-state index contributed by atoms with van der Waals surface area (Å²) in [5.74, 6) is -0.485. The number of hydrogen-bond acceptors (Lipinski definition) is 6. The highest BCUT2D eigenvalue weighted by Gasteiger charge is 2.24. The highest BCUT2D eigenvalue weighted by Crippen LogP contribution is 2.33. The van der Waals surface area contributed by atoms with Crippen LogP contribution in [0.1, 0.15) is 43.6 Å². The van der Waals surface area contributed by atoms with E-state index in [0.29, 0.717) is 21.3 Å². The largest absolute Gasteiger partial charge is 0.297 e. The van der Waals surface area contributed by atoms with E-state index in [1.807, 2.05) is 6.92 Å². The molecule has 146 valence electrons. The Kier molecular flexibility index (Phi) is 4.29. The van der Waals surface area contributed by atoms with Crippen LogP contribution in [0.25, 0.3) is 15.9 Å². The van der Waals surface area contributed by atoms with Gasteiger partial charge in [0.1, 0.15) is 10.6 Å². The average molecular weight is 426 g/mol. The maximum Gasteiger partial charge on any atom is 0.267 e. The minimum Gasteiger partial charge on any atom is -0.297 e. The molecular formula is C20H15FN4O2S2. The lowest BCUT2D eigenvalue weighted by atomic mass is 10.0. The number of hydrogen-bond donors (Lipinski definition) is 1. The number of aromatic nitrogens is 3. The van der Waals surface area contributed by atoms with E-state index in [-0.39, 0.29) is 17.5 Å². The topological polar surface area (TPSA) is 76.9 Å². The standard InChI is InChI=1S/C20H15FN4O2S2/c1-10-13-9-16(28-19(13)25(24-10)12-7-5-11(21)6-8-12)18(27)23-20-22-14-3-2-4-15(26)17(14)29-20/h5-9H,2-4H2,1H3,(H,22,23,27). The summed E-state index contributed by atoms with van der Waals surface area (Å²) in [4.78, 5) is 31.2. The van der Waals surface area contributed by atoms with Gasteiger partial charge in [-0.25, -0.2) is 14.1 Å². The first kappa shape index (κ1) is 18.1. The van der Waals surface area contributed by atoms with Crippen LogP contribution in [-0.4, -0.2) is 26.5 Å². The summed E-state index contributed by atoms with van der Waals surface area (Å²) < 4.78 is 15.0. The van der Waals surface area contributed by atoms with Crippen LogP contribution in [0.5, 0.6) is 0 Å². The zero-order valence-corrected chi connectivity index (χ0v) is 17.0. The first-order valence-corrected chi connectivity index (χ1v) is 10.7. The van der Waals surface area contributed by atoms with Gasteiger partial charge in [0, 0.05) is 11.8 Å². The lowest BCUT2D eigenvalue weighted by Gasteiger charge is -2.05. The van der Waals surface area contributed by atoms with Crippen LogP contribution in [0.3, 0.4) is 0 Å². The van der Waals surface area contributed by atoms with Crippen molar-refractivity contribution >= 4 is 49.7 Å². The maximum atomic E-state index is 13.2. The molecule has 0 saturated heterocycles. The van der Waals surface area contributed by atoms with Crippen LogP contribution >= 0.6 is 22.7 Å². The Morgan fingerprint density at radius 1 is 1.21 bits per heavy atom. The van der Waals surface area contributed by atoms with Gasteiger partial charge in [-0.3, -0.25) is 14.9 Å². The first-order chi connectivity index (χ1) is 14.0. The number of amides is 1. The van der Waals surface area contributed by atoms with Crippen LogP contribution in [-0.2, 0) is 6.42 Å². The molecule has 1 amide bonds. The van der Waals surface area contributed by atoms with E-state index in [9.17, 15) is 14.0 Å². The molecule has 1 aliphatic rings. The van der Waals surface area contributed by atoms with E-state index >= 15 is 0 Å². The molecule has 29 heavy (non-hydrogen) atoms. The van der Waals surface area contributed by atoms with Gasteiger partial charge in [0.15, 0.2) is 10.9 Å². The molecule has 3 heterocycles. The number of thiazole rings is 1. The lowest BCUT2D eigenvalue weighted by Crippen LogP contribution is -2.10. The fourth-order valence-corrected chi connectivity index (χ4v) is 5.45. The number of anilines is 1. The van der Waals surface area contributed by atoms with Crippen molar-refractivity contribution in [1.29, 1.82) is 0 Å². The second-order valence-electron chi connectivity index (χ2n) is 6.83. The zero-order valence-electron chi connectivity index (χ0n) is 15.4. The lowest BCUT2D eigenvalue weighted by molar-refractivity contribution is 0.0975. The normalized spacial score (nSPS) is 13.7. The first-order valence-electron chi connectivity index (χ1n) is 9.09. The van der Waals surface area contributed by atoms with Gasteiger partial charge < -0.3 is 0 Å². The van der Waals surface area contributed by atoms with Gasteiger partial charge in [0.2, 0.25) is 0 Å². The SMILES string of the molecule is Cc1nn(-c2ccc(F)cc2)c2sc(C(=O)Nc3nc4c(s3)C(=O)CCC4)cc12. The molecular weight excluding hydrogens is 411 g/mol. The van der Waals surface area contributed by atoms with Crippen LogP contribution in [0.15, 0.2) is 30.3 Å². The van der Waals surface area contributed by atoms with Crippen molar-refractivity contribution in [2.75, 3.05) is 5.32 Å². The van der Waals surface area contributed by atoms with Gasteiger partial charge in [0.25, 0.3) is 5.91 Å². The fourth-order valence-electron chi connectivity index (χ4n) is 3.40. The third-order valence-corrected chi connectivity index (χ3v) is 6.99. The molecule has 0 bridgehead atoms. The van der Waals surface area contributed by atoms with E-state index in [2.05, 4.69) is 15.4 Å². The van der Waals surface area contributed by atoms with Crippen molar-refractivity contribution in [3.8, 4) is 5.69 Å². The molecule has 3 aromatic heterocycles. The molecule has 0 spiro atoms. The molecule has 0 saturated carbocycles. The summed E-state index contributed by atoms with van der Waals surface area (Å²) >= 11 is 2.55. The molecule has 1 aromatic carbocycles. The predicted molar refractivity (Wildman–Crippen MR) is 111 cm³/mol. The van der Waals surface area contributed by atoms with Crippen LogP contribution in [0, 0.1) is 12.7 Å². The summed E-state index contributed by atoms with van der Waals surface area (Å²) in [5.41, 5.74) is 2.29. The number of fused-ring (bicyclic) bond motifs is 2. The van der Waals surface area contributed by atoms with Gasteiger partial charge in [-0.1, -0.05) is 11.3 Å². The quantitative estimate of drug-likeness (QED) is 0.512. The molecule has 9 heteroatoms. The number of rotatable bonds is 3. The maximum absolute atomic E-state index is 13.2. The molecule has 0 radical (unpaired) electrons. The number of carbonyl (C=O) groups excluding carboxylic acids is 2. The molecule has 5 rings (SSSR count).